The molecule has 0 bridgehead atoms. The minimum absolute atomic E-state index is 0.359. The fraction of sp³-hybridized carbons (Fsp3) is 0.667. The molecule has 4 heteroatoms. The van der Waals surface area contributed by atoms with Crippen molar-refractivity contribution in [2.24, 2.45) is 10.8 Å². The van der Waals surface area contributed by atoms with Crippen molar-refractivity contribution in [1.82, 2.24) is 4.90 Å². The largest absolute Gasteiger partial charge is 0.478 e. The van der Waals surface area contributed by atoms with E-state index in [0.717, 1.165) is 38.4 Å². The number of carboxylic acid groups (broad SMARTS) is 1. The standard InChI is InChI=1S/C27H40N2O2/c1-4-27(13-14-27)12-10-22-19-26(2,3)11-9-23(22)20-28-15-17-29(18-16-28)24-7-5-21(6-8-24)25(30)31/h5-8H,4,9-20H2,1-3H3,(H,30,31). The van der Waals surface area contributed by atoms with Gasteiger partial charge in [-0.15, -0.1) is 0 Å². The Kier molecular flexibility index (Phi) is 6.48. The Balaban J connectivity index is 1.35. The van der Waals surface area contributed by atoms with Crippen LogP contribution in [0.25, 0.3) is 0 Å². The van der Waals surface area contributed by atoms with E-state index < -0.39 is 5.97 Å². The molecule has 3 aliphatic rings. The van der Waals surface area contributed by atoms with Crippen LogP contribution in [0.4, 0.5) is 5.69 Å². The third-order valence-electron chi connectivity index (χ3n) is 8.23. The second-order valence-electron chi connectivity index (χ2n) is 11.0. The lowest BCUT2D eigenvalue weighted by molar-refractivity contribution is 0.0697. The van der Waals surface area contributed by atoms with E-state index in [9.17, 15) is 4.79 Å². The summed E-state index contributed by atoms with van der Waals surface area (Å²) in [7, 11) is 0. The summed E-state index contributed by atoms with van der Waals surface area (Å²) in [6, 6.07) is 7.33. The van der Waals surface area contributed by atoms with Crippen molar-refractivity contribution in [1.29, 1.82) is 0 Å². The highest BCUT2D eigenvalue weighted by molar-refractivity contribution is 5.88. The van der Waals surface area contributed by atoms with Gasteiger partial charge in [-0.2, -0.15) is 0 Å². The zero-order chi connectivity index (χ0) is 22.1. The molecule has 4 nitrogen and oxygen atoms in total. The lowest BCUT2D eigenvalue weighted by atomic mass is 9.72. The predicted octanol–water partition coefficient (Wildman–Crippen LogP) is 5.98. The third-order valence-corrected chi connectivity index (χ3v) is 8.23. The zero-order valence-electron chi connectivity index (χ0n) is 19.8. The molecular weight excluding hydrogens is 384 g/mol. The topological polar surface area (TPSA) is 43.8 Å². The molecule has 2 aliphatic carbocycles. The van der Waals surface area contributed by atoms with Crippen molar-refractivity contribution in [3.63, 3.8) is 0 Å². The molecule has 1 saturated heterocycles. The average Bonchev–Trinajstić information content (AvgIpc) is 3.55. The Morgan fingerprint density at radius 3 is 2.26 bits per heavy atom. The van der Waals surface area contributed by atoms with Gasteiger partial charge in [0.1, 0.15) is 0 Å². The number of carbonyl (C=O) groups is 1. The SMILES string of the molecule is CCC1(CCC2=C(CN3CCN(c4ccc(C(=O)O)cc4)CC3)CCC(C)(C)C2)CC1. The van der Waals surface area contributed by atoms with Crippen LogP contribution in [0.15, 0.2) is 35.4 Å². The number of carboxylic acids is 1. The maximum atomic E-state index is 11.1. The molecule has 0 atom stereocenters. The van der Waals surface area contributed by atoms with Gasteiger partial charge in [0, 0.05) is 38.4 Å². The van der Waals surface area contributed by atoms with Gasteiger partial charge < -0.3 is 10.0 Å². The summed E-state index contributed by atoms with van der Waals surface area (Å²) in [5.41, 5.74) is 6.16. The summed E-state index contributed by atoms with van der Waals surface area (Å²) in [5.74, 6) is -0.859. The predicted molar refractivity (Wildman–Crippen MR) is 128 cm³/mol. The zero-order valence-corrected chi connectivity index (χ0v) is 19.8. The van der Waals surface area contributed by atoms with Gasteiger partial charge in [0.15, 0.2) is 0 Å². The molecule has 1 aromatic rings. The summed E-state index contributed by atoms with van der Waals surface area (Å²) in [6.45, 7) is 12.6. The average molecular weight is 425 g/mol. The van der Waals surface area contributed by atoms with Gasteiger partial charge in [-0.05, 0) is 80.0 Å². The lowest BCUT2D eigenvalue weighted by Gasteiger charge is -2.39. The molecule has 0 unspecified atom stereocenters. The molecule has 1 heterocycles. The molecule has 1 saturated carbocycles. The number of hydrogen-bond donors (Lipinski definition) is 1. The first kappa shape index (κ1) is 22.4. The number of nitrogens with zero attached hydrogens (tertiary/aromatic N) is 2. The van der Waals surface area contributed by atoms with E-state index >= 15 is 0 Å². The number of piperazine rings is 1. The van der Waals surface area contributed by atoms with Gasteiger partial charge in [-0.3, -0.25) is 4.90 Å². The van der Waals surface area contributed by atoms with Crippen molar-refractivity contribution >= 4 is 11.7 Å². The molecule has 4 rings (SSSR count). The highest BCUT2D eigenvalue weighted by Gasteiger charge is 2.40. The van der Waals surface area contributed by atoms with Gasteiger partial charge in [-0.1, -0.05) is 38.3 Å². The van der Waals surface area contributed by atoms with Crippen LogP contribution in [0, 0.1) is 10.8 Å². The molecule has 0 aromatic heterocycles. The molecule has 2 fully saturated rings. The minimum Gasteiger partial charge on any atom is -0.478 e. The summed E-state index contributed by atoms with van der Waals surface area (Å²) < 4.78 is 0. The first-order valence-corrected chi connectivity index (χ1v) is 12.3. The van der Waals surface area contributed by atoms with Crippen LogP contribution in [0.2, 0.25) is 0 Å². The van der Waals surface area contributed by atoms with Crippen LogP contribution >= 0.6 is 0 Å². The Hall–Kier alpha value is -1.81. The molecule has 0 amide bonds. The minimum atomic E-state index is -0.859. The van der Waals surface area contributed by atoms with E-state index in [-0.39, 0.29) is 0 Å². The molecule has 31 heavy (non-hydrogen) atoms. The van der Waals surface area contributed by atoms with Gasteiger partial charge in [0.25, 0.3) is 0 Å². The summed E-state index contributed by atoms with van der Waals surface area (Å²) in [6.07, 6.45) is 10.9. The number of aromatic carboxylic acids is 1. The molecule has 1 N–H and O–H groups in total. The highest BCUT2D eigenvalue weighted by atomic mass is 16.4. The van der Waals surface area contributed by atoms with Gasteiger partial charge in [-0.25, -0.2) is 4.79 Å². The van der Waals surface area contributed by atoms with Gasteiger partial charge in [0.2, 0.25) is 0 Å². The number of allylic oxidation sites excluding steroid dienone is 1. The van der Waals surface area contributed by atoms with Crippen LogP contribution < -0.4 is 4.90 Å². The molecule has 0 spiro atoms. The number of rotatable bonds is 8. The van der Waals surface area contributed by atoms with Crippen LogP contribution in [0.1, 0.15) is 82.5 Å². The van der Waals surface area contributed by atoms with Crippen molar-refractivity contribution in [3.8, 4) is 0 Å². The first-order valence-electron chi connectivity index (χ1n) is 12.3. The van der Waals surface area contributed by atoms with Crippen LogP contribution in [0.3, 0.4) is 0 Å². The van der Waals surface area contributed by atoms with Crippen molar-refractivity contribution < 1.29 is 9.90 Å². The fourth-order valence-corrected chi connectivity index (χ4v) is 5.54. The van der Waals surface area contributed by atoms with Gasteiger partial charge >= 0.3 is 5.97 Å². The van der Waals surface area contributed by atoms with Crippen LogP contribution in [-0.2, 0) is 0 Å². The number of anilines is 1. The summed E-state index contributed by atoms with van der Waals surface area (Å²) in [5, 5.41) is 9.11. The molecular formula is C27H40N2O2. The van der Waals surface area contributed by atoms with E-state index in [1.807, 2.05) is 12.1 Å². The second kappa shape index (κ2) is 8.97. The summed E-state index contributed by atoms with van der Waals surface area (Å²) in [4.78, 5) is 16.1. The number of hydrogen-bond acceptors (Lipinski definition) is 3. The Morgan fingerprint density at radius 2 is 1.68 bits per heavy atom. The van der Waals surface area contributed by atoms with Crippen LogP contribution in [-0.4, -0.2) is 48.7 Å². The third kappa shape index (κ3) is 5.52. The van der Waals surface area contributed by atoms with Crippen molar-refractivity contribution in [2.45, 2.75) is 72.1 Å². The maximum Gasteiger partial charge on any atom is 0.335 e. The Bertz CT molecular complexity index is 812. The van der Waals surface area contributed by atoms with Gasteiger partial charge in [0.05, 0.1) is 5.56 Å². The van der Waals surface area contributed by atoms with E-state index in [2.05, 4.69) is 30.6 Å². The fourth-order valence-electron chi connectivity index (χ4n) is 5.54. The molecule has 0 radical (unpaired) electrons. The Morgan fingerprint density at radius 1 is 1.00 bits per heavy atom. The monoisotopic (exact) mass is 424 g/mol. The van der Waals surface area contributed by atoms with E-state index in [1.54, 1.807) is 23.3 Å². The van der Waals surface area contributed by atoms with E-state index in [1.165, 1.54) is 51.4 Å². The summed E-state index contributed by atoms with van der Waals surface area (Å²) >= 11 is 0. The van der Waals surface area contributed by atoms with Crippen LogP contribution in [0.5, 0.6) is 0 Å². The van der Waals surface area contributed by atoms with Crippen molar-refractivity contribution in [3.05, 3.63) is 41.0 Å². The molecule has 1 aromatic carbocycles. The highest BCUT2D eigenvalue weighted by Crippen LogP contribution is 2.54. The van der Waals surface area contributed by atoms with Crippen molar-refractivity contribution in [2.75, 3.05) is 37.6 Å². The molecule has 170 valence electrons. The normalized spacial score (nSPS) is 23.1. The van der Waals surface area contributed by atoms with E-state index in [4.69, 9.17) is 5.11 Å². The maximum absolute atomic E-state index is 11.1. The number of benzene rings is 1. The molecule has 1 aliphatic heterocycles. The Labute approximate surface area is 188 Å². The lowest BCUT2D eigenvalue weighted by Crippen LogP contribution is -2.47. The van der Waals surface area contributed by atoms with E-state index in [0.29, 0.717) is 16.4 Å². The second-order valence-corrected chi connectivity index (χ2v) is 11.0. The smallest absolute Gasteiger partial charge is 0.335 e. The first-order chi connectivity index (χ1) is 14.8. The quantitative estimate of drug-likeness (QED) is 0.521.